The van der Waals surface area contributed by atoms with Gasteiger partial charge in [0.1, 0.15) is 5.75 Å². The summed E-state index contributed by atoms with van der Waals surface area (Å²) < 4.78 is 5.41. The van der Waals surface area contributed by atoms with Crippen LogP contribution in [0.25, 0.3) is 0 Å². The normalized spacial score (nSPS) is 29.3. The summed E-state index contributed by atoms with van der Waals surface area (Å²) >= 11 is 0. The Balaban J connectivity index is 2.37. The Morgan fingerprint density at radius 3 is 2.78 bits per heavy atom. The van der Waals surface area contributed by atoms with Gasteiger partial charge in [-0.05, 0) is 45.9 Å². The van der Waals surface area contributed by atoms with Crippen molar-refractivity contribution in [2.45, 2.75) is 38.3 Å². The van der Waals surface area contributed by atoms with Crippen LogP contribution in [0.3, 0.4) is 0 Å². The third-order valence-electron chi connectivity index (χ3n) is 4.12. The van der Waals surface area contributed by atoms with Gasteiger partial charge in [-0.25, -0.2) is 0 Å². The molecule has 3 nitrogen and oxygen atoms in total. The predicted molar refractivity (Wildman–Crippen MR) is 73.0 cm³/mol. The number of likely N-dealkylation sites (tertiary alicyclic amines) is 1. The van der Waals surface area contributed by atoms with Crippen molar-refractivity contribution in [2.75, 3.05) is 20.7 Å². The van der Waals surface area contributed by atoms with E-state index in [0.29, 0.717) is 6.04 Å². The van der Waals surface area contributed by atoms with Crippen LogP contribution in [-0.4, -0.2) is 36.8 Å². The molecule has 0 saturated carbocycles. The van der Waals surface area contributed by atoms with E-state index in [1.807, 2.05) is 19.1 Å². The molecule has 1 fully saturated rings. The maximum atomic E-state index is 11.0. The molecule has 0 bridgehead atoms. The van der Waals surface area contributed by atoms with E-state index in [4.69, 9.17) is 4.74 Å². The second-order valence-electron chi connectivity index (χ2n) is 5.52. The van der Waals surface area contributed by atoms with Gasteiger partial charge < -0.3 is 14.7 Å². The molecule has 0 aromatic heterocycles. The molecule has 1 N–H and O–H groups in total. The second kappa shape index (κ2) is 4.90. The first-order valence-corrected chi connectivity index (χ1v) is 6.54. The average Bonchev–Trinajstić information content (AvgIpc) is 2.34. The minimum absolute atomic E-state index is 0.383. The summed E-state index contributed by atoms with van der Waals surface area (Å²) in [7, 11) is 3.77. The highest BCUT2D eigenvalue weighted by molar-refractivity contribution is 5.41. The number of benzene rings is 1. The zero-order chi connectivity index (χ0) is 13.3. The number of nitrogens with zero attached hydrogens (tertiary/aromatic N) is 1. The number of ether oxygens (including phenoxy) is 1. The van der Waals surface area contributed by atoms with Crippen molar-refractivity contribution in [2.24, 2.45) is 0 Å². The molecule has 3 heteroatoms. The molecule has 2 unspecified atom stereocenters. The Hall–Kier alpha value is -1.06. The standard InChI is InChI=1S/C15H23NO2/c1-11-5-6-14(18-4)13(9-11)15(17)7-8-16(3)12(2)10-15/h5-6,9,12,17H,7-8,10H2,1-4H3. The number of rotatable bonds is 2. The van der Waals surface area contributed by atoms with Gasteiger partial charge >= 0.3 is 0 Å². The van der Waals surface area contributed by atoms with Gasteiger partial charge in [-0.15, -0.1) is 0 Å². The topological polar surface area (TPSA) is 32.7 Å². The second-order valence-corrected chi connectivity index (χ2v) is 5.52. The average molecular weight is 249 g/mol. The van der Waals surface area contributed by atoms with Gasteiger partial charge in [0, 0.05) is 18.2 Å². The molecule has 0 spiro atoms. The molecular weight excluding hydrogens is 226 g/mol. The highest BCUT2D eigenvalue weighted by Gasteiger charge is 2.38. The van der Waals surface area contributed by atoms with Crippen LogP contribution < -0.4 is 4.74 Å². The number of hydrogen-bond acceptors (Lipinski definition) is 3. The van der Waals surface area contributed by atoms with Crippen LogP contribution in [0, 0.1) is 6.92 Å². The van der Waals surface area contributed by atoms with Crippen molar-refractivity contribution in [1.82, 2.24) is 4.90 Å². The fourth-order valence-electron chi connectivity index (χ4n) is 2.76. The third kappa shape index (κ3) is 2.38. The Kier molecular flexibility index (Phi) is 3.64. The van der Waals surface area contributed by atoms with Gasteiger partial charge in [0.2, 0.25) is 0 Å². The largest absolute Gasteiger partial charge is 0.496 e. The van der Waals surface area contributed by atoms with Crippen molar-refractivity contribution in [3.8, 4) is 5.75 Å². The van der Waals surface area contributed by atoms with Gasteiger partial charge in [0.25, 0.3) is 0 Å². The molecular formula is C15H23NO2. The number of piperidine rings is 1. The van der Waals surface area contributed by atoms with Gasteiger partial charge in [-0.3, -0.25) is 0 Å². The maximum absolute atomic E-state index is 11.0. The number of aliphatic hydroxyl groups is 1. The first kappa shape index (κ1) is 13.4. The van der Waals surface area contributed by atoms with Crippen molar-refractivity contribution in [3.05, 3.63) is 29.3 Å². The number of methoxy groups -OCH3 is 1. The summed E-state index contributed by atoms with van der Waals surface area (Å²) in [5, 5.41) is 11.0. The van der Waals surface area contributed by atoms with Crippen molar-refractivity contribution in [3.63, 3.8) is 0 Å². The van der Waals surface area contributed by atoms with Crippen molar-refractivity contribution >= 4 is 0 Å². The van der Waals surface area contributed by atoms with Gasteiger partial charge in [0.05, 0.1) is 12.7 Å². The highest BCUT2D eigenvalue weighted by Crippen LogP contribution is 2.40. The van der Waals surface area contributed by atoms with Crippen LogP contribution in [0.5, 0.6) is 5.75 Å². The van der Waals surface area contributed by atoms with E-state index >= 15 is 0 Å². The van der Waals surface area contributed by atoms with Crippen LogP contribution in [0.1, 0.15) is 30.9 Å². The smallest absolute Gasteiger partial charge is 0.124 e. The highest BCUT2D eigenvalue weighted by atomic mass is 16.5. The fourth-order valence-corrected chi connectivity index (χ4v) is 2.76. The van der Waals surface area contributed by atoms with E-state index in [9.17, 15) is 5.11 Å². The molecule has 1 aromatic carbocycles. The minimum atomic E-state index is -0.761. The van der Waals surface area contributed by atoms with E-state index in [1.165, 1.54) is 0 Å². The molecule has 1 saturated heterocycles. The number of aryl methyl sites for hydroxylation is 1. The van der Waals surface area contributed by atoms with E-state index in [2.05, 4.69) is 24.9 Å². The molecule has 18 heavy (non-hydrogen) atoms. The first-order valence-electron chi connectivity index (χ1n) is 6.54. The Morgan fingerprint density at radius 1 is 1.44 bits per heavy atom. The molecule has 1 aliphatic rings. The summed E-state index contributed by atoms with van der Waals surface area (Å²) in [5.41, 5.74) is 1.33. The van der Waals surface area contributed by atoms with Crippen LogP contribution >= 0.6 is 0 Å². The van der Waals surface area contributed by atoms with E-state index < -0.39 is 5.60 Å². The SMILES string of the molecule is COc1ccc(C)cc1C1(O)CCN(C)C(C)C1. The molecule has 0 amide bonds. The molecule has 0 radical (unpaired) electrons. The van der Waals surface area contributed by atoms with Crippen LogP contribution in [-0.2, 0) is 5.60 Å². The first-order chi connectivity index (χ1) is 8.46. The molecule has 0 aliphatic carbocycles. The summed E-state index contributed by atoms with van der Waals surface area (Å²) in [6, 6.07) is 6.40. The minimum Gasteiger partial charge on any atom is -0.496 e. The van der Waals surface area contributed by atoms with Gasteiger partial charge in [0.15, 0.2) is 0 Å². The van der Waals surface area contributed by atoms with E-state index in [1.54, 1.807) is 7.11 Å². The van der Waals surface area contributed by atoms with Gasteiger partial charge in [-0.2, -0.15) is 0 Å². The third-order valence-corrected chi connectivity index (χ3v) is 4.12. The van der Waals surface area contributed by atoms with Crippen LogP contribution in [0.4, 0.5) is 0 Å². The summed E-state index contributed by atoms with van der Waals surface area (Å²) in [4.78, 5) is 2.29. The lowest BCUT2D eigenvalue weighted by Crippen LogP contribution is -2.46. The summed E-state index contributed by atoms with van der Waals surface area (Å²) in [6.45, 7) is 5.12. The zero-order valence-corrected chi connectivity index (χ0v) is 11.7. The Morgan fingerprint density at radius 2 is 2.17 bits per heavy atom. The molecule has 2 atom stereocenters. The lowest BCUT2D eigenvalue weighted by atomic mass is 9.80. The predicted octanol–water partition coefficient (Wildman–Crippen LogP) is 2.31. The monoisotopic (exact) mass is 249 g/mol. The lowest BCUT2D eigenvalue weighted by molar-refractivity contribution is -0.0422. The molecule has 100 valence electrons. The van der Waals surface area contributed by atoms with E-state index in [0.717, 1.165) is 36.3 Å². The summed E-state index contributed by atoms with van der Waals surface area (Å²) in [5.74, 6) is 0.792. The van der Waals surface area contributed by atoms with Gasteiger partial charge in [-0.1, -0.05) is 11.6 Å². The lowest BCUT2D eigenvalue weighted by Gasteiger charge is -2.41. The molecule has 1 heterocycles. The quantitative estimate of drug-likeness (QED) is 0.873. The Labute approximate surface area is 109 Å². The van der Waals surface area contributed by atoms with Crippen molar-refractivity contribution in [1.29, 1.82) is 0 Å². The molecule has 1 aliphatic heterocycles. The maximum Gasteiger partial charge on any atom is 0.124 e. The van der Waals surface area contributed by atoms with E-state index in [-0.39, 0.29) is 0 Å². The summed E-state index contributed by atoms with van der Waals surface area (Å²) in [6.07, 6.45) is 1.51. The molecule has 1 aromatic rings. The Bertz CT molecular complexity index is 433. The zero-order valence-electron chi connectivity index (χ0n) is 11.7. The molecule has 2 rings (SSSR count). The van der Waals surface area contributed by atoms with Crippen LogP contribution in [0.2, 0.25) is 0 Å². The fraction of sp³-hybridized carbons (Fsp3) is 0.600. The number of hydrogen-bond donors (Lipinski definition) is 1. The van der Waals surface area contributed by atoms with Crippen LogP contribution in [0.15, 0.2) is 18.2 Å². The van der Waals surface area contributed by atoms with Crippen molar-refractivity contribution < 1.29 is 9.84 Å².